The summed E-state index contributed by atoms with van der Waals surface area (Å²) in [5.41, 5.74) is 1.30. The van der Waals surface area contributed by atoms with Crippen LogP contribution >= 0.6 is 0 Å². The van der Waals surface area contributed by atoms with Crippen molar-refractivity contribution in [3.63, 3.8) is 0 Å². The second-order valence-corrected chi connectivity index (χ2v) is 4.60. The predicted octanol–water partition coefficient (Wildman–Crippen LogP) is 3.60. The molecule has 1 aromatic rings. The molecule has 0 saturated carbocycles. The van der Waals surface area contributed by atoms with Gasteiger partial charge in [-0.2, -0.15) is 0 Å². The van der Waals surface area contributed by atoms with Crippen molar-refractivity contribution < 1.29 is 9.53 Å². The second kappa shape index (κ2) is 7.10. The molecule has 2 nitrogen and oxygen atoms in total. The van der Waals surface area contributed by atoms with Gasteiger partial charge in [-0.25, -0.2) is 0 Å². The van der Waals surface area contributed by atoms with Crippen molar-refractivity contribution in [2.24, 2.45) is 5.92 Å². The van der Waals surface area contributed by atoms with E-state index in [1.54, 1.807) is 0 Å². The highest BCUT2D eigenvalue weighted by Gasteiger charge is 2.19. The number of carbonyl (C=O) groups is 1. The van der Waals surface area contributed by atoms with E-state index < -0.39 is 0 Å². The number of ether oxygens (including phenoxy) is 1. The van der Waals surface area contributed by atoms with E-state index in [9.17, 15) is 4.79 Å². The van der Waals surface area contributed by atoms with Crippen molar-refractivity contribution in [3.8, 4) is 0 Å². The Morgan fingerprint density at radius 2 is 1.94 bits per heavy atom. The van der Waals surface area contributed by atoms with Gasteiger partial charge in [0.15, 0.2) is 0 Å². The molecule has 0 radical (unpaired) electrons. The van der Waals surface area contributed by atoms with E-state index in [-0.39, 0.29) is 12.1 Å². The van der Waals surface area contributed by atoms with Gasteiger partial charge in [-0.1, -0.05) is 50.6 Å². The molecule has 1 aromatic carbocycles. The first-order valence-electron chi connectivity index (χ1n) is 6.34. The molecule has 2 heteroatoms. The Labute approximate surface area is 104 Å². The van der Waals surface area contributed by atoms with E-state index in [0.29, 0.717) is 5.92 Å². The molecule has 17 heavy (non-hydrogen) atoms. The first kappa shape index (κ1) is 13.8. The van der Waals surface area contributed by atoms with Gasteiger partial charge in [-0.15, -0.1) is 0 Å². The number of esters is 1. The minimum atomic E-state index is -0.177. The zero-order chi connectivity index (χ0) is 12.7. The zero-order valence-electron chi connectivity index (χ0n) is 11.0. The van der Waals surface area contributed by atoms with E-state index in [1.165, 1.54) is 12.5 Å². The minimum Gasteiger partial charge on any atom is -0.462 e. The summed E-state index contributed by atoms with van der Waals surface area (Å²) in [6.45, 7) is 5.75. The van der Waals surface area contributed by atoms with Crippen LogP contribution in [-0.2, 0) is 16.0 Å². The van der Waals surface area contributed by atoms with E-state index in [2.05, 4.69) is 26.0 Å². The maximum Gasteiger partial charge on any atom is 0.302 e. The van der Waals surface area contributed by atoms with Gasteiger partial charge in [-0.05, 0) is 24.3 Å². The number of hydrogen-bond donors (Lipinski definition) is 0. The van der Waals surface area contributed by atoms with Gasteiger partial charge >= 0.3 is 5.97 Å². The van der Waals surface area contributed by atoms with Crippen LogP contribution in [0.25, 0.3) is 0 Å². The Balaban J connectivity index is 2.58. The van der Waals surface area contributed by atoms with Gasteiger partial charge in [0.2, 0.25) is 0 Å². The third-order valence-corrected chi connectivity index (χ3v) is 2.93. The average molecular weight is 234 g/mol. The molecular weight excluding hydrogens is 212 g/mol. The molecule has 0 spiro atoms. The summed E-state index contributed by atoms with van der Waals surface area (Å²) in [7, 11) is 0. The predicted molar refractivity (Wildman–Crippen MR) is 69.8 cm³/mol. The largest absolute Gasteiger partial charge is 0.462 e. The summed E-state index contributed by atoms with van der Waals surface area (Å²) < 4.78 is 5.39. The van der Waals surface area contributed by atoms with Crippen molar-refractivity contribution in [2.75, 3.05) is 0 Å². The maximum atomic E-state index is 11.1. The monoisotopic (exact) mass is 234 g/mol. The van der Waals surface area contributed by atoms with Gasteiger partial charge in [0.25, 0.3) is 0 Å². The topological polar surface area (TPSA) is 26.3 Å². The molecule has 0 aliphatic rings. The molecule has 1 rings (SSSR count). The molecule has 0 saturated heterocycles. The summed E-state index contributed by atoms with van der Waals surface area (Å²) >= 11 is 0. The fourth-order valence-corrected chi connectivity index (χ4v) is 2.07. The molecule has 2 unspecified atom stereocenters. The average Bonchev–Trinajstić information content (AvgIpc) is 2.29. The van der Waals surface area contributed by atoms with Crippen LogP contribution in [0.15, 0.2) is 30.3 Å². The Hall–Kier alpha value is -1.31. The normalized spacial score (nSPS) is 14.1. The van der Waals surface area contributed by atoms with Crippen LogP contribution in [0.1, 0.15) is 39.2 Å². The van der Waals surface area contributed by atoms with Crippen LogP contribution in [0.2, 0.25) is 0 Å². The molecule has 94 valence electrons. The molecule has 0 aliphatic carbocycles. The molecule has 0 N–H and O–H groups in total. The first-order valence-corrected chi connectivity index (χ1v) is 6.34. The van der Waals surface area contributed by atoms with Crippen LogP contribution in [0, 0.1) is 5.92 Å². The van der Waals surface area contributed by atoms with Crippen molar-refractivity contribution in [2.45, 2.75) is 46.1 Å². The third kappa shape index (κ3) is 5.03. The lowest BCUT2D eigenvalue weighted by Crippen LogP contribution is -2.25. The Kier molecular flexibility index (Phi) is 5.75. The summed E-state index contributed by atoms with van der Waals surface area (Å²) in [6.07, 6.45) is 2.97. The lowest BCUT2D eigenvalue weighted by atomic mass is 9.93. The molecule has 0 heterocycles. The van der Waals surface area contributed by atoms with Gasteiger partial charge < -0.3 is 4.74 Å². The van der Waals surface area contributed by atoms with Crippen LogP contribution in [-0.4, -0.2) is 12.1 Å². The van der Waals surface area contributed by atoms with Crippen molar-refractivity contribution in [1.29, 1.82) is 0 Å². The number of benzene rings is 1. The van der Waals surface area contributed by atoms with Gasteiger partial charge in [0.05, 0.1) is 0 Å². The summed E-state index contributed by atoms with van der Waals surface area (Å²) in [4.78, 5) is 11.1. The molecule has 0 fully saturated rings. The smallest absolute Gasteiger partial charge is 0.302 e. The van der Waals surface area contributed by atoms with Crippen molar-refractivity contribution in [3.05, 3.63) is 35.9 Å². The Morgan fingerprint density at radius 3 is 2.47 bits per heavy atom. The lowest BCUT2D eigenvalue weighted by molar-refractivity contribution is -0.149. The lowest BCUT2D eigenvalue weighted by Gasteiger charge is -2.23. The van der Waals surface area contributed by atoms with E-state index in [0.717, 1.165) is 19.3 Å². The molecule has 2 atom stereocenters. The molecule has 0 amide bonds. The van der Waals surface area contributed by atoms with Gasteiger partial charge in [0.1, 0.15) is 6.10 Å². The summed E-state index contributed by atoms with van der Waals surface area (Å²) in [5, 5.41) is 0. The summed E-state index contributed by atoms with van der Waals surface area (Å²) in [6, 6.07) is 10.3. The first-order chi connectivity index (χ1) is 8.13. The third-order valence-electron chi connectivity index (χ3n) is 2.93. The fourth-order valence-electron chi connectivity index (χ4n) is 2.07. The molecule has 0 bridgehead atoms. The van der Waals surface area contributed by atoms with Crippen molar-refractivity contribution in [1.82, 2.24) is 0 Å². The van der Waals surface area contributed by atoms with Crippen LogP contribution in [0.5, 0.6) is 0 Å². The summed E-state index contributed by atoms with van der Waals surface area (Å²) in [5.74, 6) is 0.185. The standard InChI is InChI=1S/C15H22O2/c1-4-8-15(17-13(3)16)12(2)11-14-9-6-5-7-10-14/h5-7,9-10,12,15H,4,8,11H2,1-3H3. The number of hydrogen-bond acceptors (Lipinski definition) is 2. The van der Waals surface area contributed by atoms with Gasteiger partial charge in [-0.3, -0.25) is 4.79 Å². The van der Waals surface area contributed by atoms with E-state index >= 15 is 0 Å². The number of rotatable bonds is 6. The highest BCUT2D eigenvalue weighted by atomic mass is 16.5. The SMILES string of the molecule is CCCC(OC(C)=O)C(C)Cc1ccccc1. The molecular formula is C15H22O2. The number of carbonyl (C=O) groups excluding carboxylic acids is 1. The zero-order valence-corrected chi connectivity index (χ0v) is 11.0. The van der Waals surface area contributed by atoms with Crippen molar-refractivity contribution >= 4 is 5.97 Å². The Bertz CT molecular complexity index is 332. The molecule has 0 aromatic heterocycles. The highest BCUT2D eigenvalue weighted by molar-refractivity contribution is 5.66. The van der Waals surface area contributed by atoms with E-state index in [1.807, 2.05) is 18.2 Å². The second-order valence-electron chi connectivity index (χ2n) is 4.60. The minimum absolute atomic E-state index is 0.0395. The van der Waals surface area contributed by atoms with Gasteiger partial charge in [0, 0.05) is 6.92 Å². The van der Waals surface area contributed by atoms with Crippen LogP contribution in [0.4, 0.5) is 0 Å². The quantitative estimate of drug-likeness (QED) is 0.703. The van der Waals surface area contributed by atoms with Crippen LogP contribution in [0.3, 0.4) is 0 Å². The highest BCUT2D eigenvalue weighted by Crippen LogP contribution is 2.18. The Morgan fingerprint density at radius 1 is 1.29 bits per heavy atom. The van der Waals surface area contributed by atoms with E-state index in [4.69, 9.17) is 4.74 Å². The molecule has 0 aliphatic heterocycles. The maximum absolute atomic E-state index is 11.1. The fraction of sp³-hybridized carbons (Fsp3) is 0.533. The van der Waals surface area contributed by atoms with Crippen LogP contribution < -0.4 is 0 Å².